The Hall–Kier alpha value is -3.15. The van der Waals surface area contributed by atoms with Gasteiger partial charge >= 0.3 is 0 Å². The third-order valence-electron chi connectivity index (χ3n) is 5.55. The molecule has 29 heavy (non-hydrogen) atoms. The van der Waals surface area contributed by atoms with Crippen molar-refractivity contribution in [3.8, 4) is 0 Å². The Morgan fingerprint density at radius 1 is 1.03 bits per heavy atom. The van der Waals surface area contributed by atoms with Gasteiger partial charge in [-0.2, -0.15) is 0 Å². The SMILES string of the molecule is O=C(CCn1cnc2ccccc2c1=O)Nc1ccc(NCC2CCCC2)cc1. The maximum atomic E-state index is 12.5. The molecule has 0 atom stereocenters. The summed E-state index contributed by atoms with van der Waals surface area (Å²) in [5.41, 5.74) is 2.37. The molecule has 0 saturated heterocycles. The van der Waals surface area contributed by atoms with Crippen LogP contribution in [0.3, 0.4) is 0 Å². The molecule has 6 heteroatoms. The first-order valence-corrected chi connectivity index (χ1v) is 10.3. The zero-order valence-electron chi connectivity index (χ0n) is 16.4. The number of benzene rings is 2. The number of fused-ring (bicyclic) bond motifs is 1. The van der Waals surface area contributed by atoms with Gasteiger partial charge in [0.25, 0.3) is 5.56 Å². The number of nitrogens with zero attached hydrogens (tertiary/aromatic N) is 2. The lowest BCUT2D eigenvalue weighted by atomic mass is 10.1. The van der Waals surface area contributed by atoms with Gasteiger partial charge in [-0.3, -0.25) is 14.2 Å². The van der Waals surface area contributed by atoms with Crippen LogP contribution in [0.4, 0.5) is 11.4 Å². The average Bonchev–Trinajstić information content (AvgIpc) is 3.27. The highest BCUT2D eigenvalue weighted by Gasteiger charge is 2.14. The van der Waals surface area contributed by atoms with Crippen molar-refractivity contribution in [2.45, 2.75) is 38.6 Å². The predicted octanol–water partition coefficient (Wildman–Crippen LogP) is 4.03. The number of carbonyl (C=O) groups excluding carboxylic acids is 1. The minimum Gasteiger partial charge on any atom is -0.385 e. The Morgan fingerprint density at radius 3 is 2.55 bits per heavy atom. The van der Waals surface area contributed by atoms with Crippen LogP contribution in [0.5, 0.6) is 0 Å². The summed E-state index contributed by atoms with van der Waals surface area (Å²) in [6.45, 7) is 1.31. The highest BCUT2D eigenvalue weighted by molar-refractivity contribution is 5.90. The van der Waals surface area contributed by atoms with E-state index in [-0.39, 0.29) is 17.9 Å². The van der Waals surface area contributed by atoms with E-state index < -0.39 is 0 Å². The summed E-state index contributed by atoms with van der Waals surface area (Å²) < 4.78 is 1.48. The van der Waals surface area contributed by atoms with Crippen LogP contribution in [0.15, 0.2) is 59.7 Å². The summed E-state index contributed by atoms with van der Waals surface area (Å²) in [5.74, 6) is 0.652. The van der Waals surface area contributed by atoms with Crippen LogP contribution >= 0.6 is 0 Å². The van der Waals surface area contributed by atoms with Gasteiger partial charge in [-0.1, -0.05) is 25.0 Å². The molecule has 1 aliphatic rings. The number of amides is 1. The van der Waals surface area contributed by atoms with Crippen molar-refractivity contribution in [3.63, 3.8) is 0 Å². The number of anilines is 2. The van der Waals surface area contributed by atoms with Crippen LogP contribution in [0.1, 0.15) is 32.1 Å². The molecule has 3 aromatic rings. The van der Waals surface area contributed by atoms with Gasteiger partial charge in [0, 0.05) is 30.9 Å². The van der Waals surface area contributed by atoms with E-state index in [1.807, 2.05) is 36.4 Å². The Balaban J connectivity index is 1.29. The smallest absolute Gasteiger partial charge is 0.261 e. The van der Waals surface area contributed by atoms with Crippen molar-refractivity contribution >= 4 is 28.2 Å². The largest absolute Gasteiger partial charge is 0.385 e. The Kier molecular flexibility index (Phi) is 5.89. The summed E-state index contributed by atoms with van der Waals surface area (Å²) in [7, 11) is 0. The van der Waals surface area contributed by atoms with Gasteiger partial charge in [0.2, 0.25) is 5.91 Å². The predicted molar refractivity (Wildman–Crippen MR) is 116 cm³/mol. The molecular weight excluding hydrogens is 364 g/mol. The van der Waals surface area contributed by atoms with Crippen molar-refractivity contribution in [1.29, 1.82) is 0 Å². The van der Waals surface area contributed by atoms with Crippen LogP contribution in [0.2, 0.25) is 0 Å². The Bertz CT molecular complexity index is 1040. The van der Waals surface area contributed by atoms with Crippen molar-refractivity contribution in [2.75, 3.05) is 17.2 Å². The summed E-state index contributed by atoms with van der Waals surface area (Å²) in [4.78, 5) is 29.0. The molecule has 0 bridgehead atoms. The highest BCUT2D eigenvalue weighted by Crippen LogP contribution is 2.25. The van der Waals surface area contributed by atoms with Gasteiger partial charge in [0.1, 0.15) is 0 Å². The average molecular weight is 390 g/mol. The Morgan fingerprint density at radius 2 is 1.76 bits per heavy atom. The van der Waals surface area contributed by atoms with E-state index in [4.69, 9.17) is 0 Å². The lowest BCUT2D eigenvalue weighted by Gasteiger charge is -2.12. The maximum absolute atomic E-state index is 12.5. The zero-order valence-corrected chi connectivity index (χ0v) is 16.4. The molecule has 1 aromatic heterocycles. The van der Waals surface area contributed by atoms with Gasteiger partial charge in [-0.25, -0.2) is 4.98 Å². The summed E-state index contributed by atoms with van der Waals surface area (Å²) in [6, 6.07) is 15.0. The summed E-state index contributed by atoms with van der Waals surface area (Å²) in [6.07, 6.45) is 7.04. The fourth-order valence-electron chi connectivity index (χ4n) is 3.86. The van der Waals surface area contributed by atoms with Gasteiger partial charge in [-0.05, 0) is 55.2 Å². The molecule has 4 rings (SSSR count). The van der Waals surface area contributed by atoms with Crippen molar-refractivity contribution < 1.29 is 4.79 Å². The standard InChI is InChI=1S/C23H26N4O2/c28-22(13-14-27-16-25-21-8-4-3-7-20(21)23(27)29)26-19-11-9-18(10-12-19)24-15-17-5-1-2-6-17/h3-4,7-12,16-17,24H,1-2,5-6,13-15H2,(H,26,28). The molecule has 2 N–H and O–H groups in total. The van der Waals surface area contributed by atoms with E-state index in [1.165, 1.54) is 36.6 Å². The molecule has 1 heterocycles. The summed E-state index contributed by atoms with van der Waals surface area (Å²) in [5, 5.41) is 6.93. The number of aromatic nitrogens is 2. The molecule has 0 spiro atoms. The fraction of sp³-hybridized carbons (Fsp3) is 0.348. The minimum atomic E-state index is -0.128. The van der Waals surface area contributed by atoms with Crippen LogP contribution in [-0.4, -0.2) is 22.0 Å². The molecule has 2 aromatic carbocycles. The fourth-order valence-corrected chi connectivity index (χ4v) is 3.86. The second-order valence-electron chi connectivity index (χ2n) is 7.67. The minimum absolute atomic E-state index is 0.124. The van der Waals surface area contributed by atoms with E-state index in [9.17, 15) is 9.59 Å². The topological polar surface area (TPSA) is 76.0 Å². The van der Waals surface area contributed by atoms with E-state index >= 15 is 0 Å². The normalized spacial score (nSPS) is 14.2. The molecular formula is C23H26N4O2. The van der Waals surface area contributed by atoms with Crippen LogP contribution < -0.4 is 16.2 Å². The molecule has 1 fully saturated rings. The lowest BCUT2D eigenvalue weighted by molar-refractivity contribution is -0.116. The van der Waals surface area contributed by atoms with E-state index in [2.05, 4.69) is 15.6 Å². The van der Waals surface area contributed by atoms with Gasteiger partial charge in [0.15, 0.2) is 0 Å². The van der Waals surface area contributed by atoms with Crippen molar-refractivity contribution in [1.82, 2.24) is 9.55 Å². The first-order valence-electron chi connectivity index (χ1n) is 10.3. The molecule has 1 aliphatic carbocycles. The molecule has 6 nitrogen and oxygen atoms in total. The number of carbonyl (C=O) groups is 1. The summed E-state index contributed by atoms with van der Waals surface area (Å²) >= 11 is 0. The van der Waals surface area contributed by atoms with Crippen molar-refractivity contribution in [2.24, 2.45) is 5.92 Å². The first-order chi connectivity index (χ1) is 14.2. The zero-order chi connectivity index (χ0) is 20.1. The van der Waals surface area contributed by atoms with Crippen LogP contribution in [0, 0.1) is 5.92 Å². The third kappa shape index (κ3) is 4.83. The lowest BCUT2D eigenvalue weighted by Crippen LogP contribution is -2.23. The highest BCUT2D eigenvalue weighted by atomic mass is 16.1. The quantitative estimate of drug-likeness (QED) is 0.639. The Labute approximate surface area is 170 Å². The molecule has 0 unspecified atom stereocenters. The van der Waals surface area contributed by atoms with E-state index in [0.717, 1.165) is 23.8 Å². The second kappa shape index (κ2) is 8.90. The number of nitrogens with one attached hydrogen (secondary N) is 2. The first kappa shape index (κ1) is 19.2. The second-order valence-corrected chi connectivity index (χ2v) is 7.67. The molecule has 1 amide bonds. The van der Waals surface area contributed by atoms with Gasteiger partial charge in [-0.15, -0.1) is 0 Å². The van der Waals surface area contributed by atoms with Crippen LogP contribution in [-0.2, 0) is 11.3 Å². The van der Waals surface area contributed by atoms with Gasteiger partial charge in [0.05, 0.1) is 17.2 Å². The number of hydrogen-bond donors (Lipinski definition) is 2. The van der Waals surface area contributed by atoms with Crippen LogP contribution in [0.25, 0.3) is 10.9 Å². The molecule has 1 saturated carbocycles. The monoisotopic (exact) mass is 390 g/mol. The molecule has 0 aliphatic heterocycles. The van der Waals surface area contributed by atoms with E-state index in [0.29, 0.717) is 17.4 Å². The molecule has 150 valence electrons. The van der Waals surface area contributed by atoms with Crippen molar-refractivity contribution in [3.05, 3.63) is 65.2 Å². The van der Waals surface area contributed by atoms with Gasteiger partial charge < -0.3 is 10.6 Å². The molecule has 0 radical (unpaired) electrons. The number of para-hydroxylation sites is 1. The number of aryl methyl sites for hydroxylation is 1. The number of rotatable bonds is 7. The third-order valence-corrected chi connectivity index (χ3v) is 5.55. The maximum Gasteiger partial charge on any atom is 0.261 e. The van der Waals surface area contributed by atoms with E-state index in [1.54, 1.807) is 12.1 Å². The number of hydrogen-bond acceptors (Lipinski definition) is 4.